The van der Waals surface area contributed by atoms with E-state index in [2.05, 4.69) is 0 Å². The number of aliphatic hydroxyl groups is 2. The Morgan fingerprint density at radius 3 is 2.05 bits per heavy atom. The van der Waals surface area contributed by atoms with E-state index in [0.29, 0.717) is 12.8 Å². The van der Waals surface area contributed by atoms with Crippen molar-refractivity contribution in [2.24, 2.45) is 0 Å². The van der Waals surface area contributed by atoms with E-state index in [9.17, 15) is 20.1 Å². The Morgan fingerprint density at radius 2 is 1.62 bits per heavy atom. The molecule has 0 radical (unpaired) electrons. The van der Waals surface area contributed by atoms with E-state index in [1.54, 1.807) is 0 Å². The van der Waals surface area contributed by atoms with Crippen LogP contribution >= 0.6 is 0 Å². The minimum atomic E-state index is -1.23. The molecule has 0 saturated heterocycles. The standard InChI is InChI=1S/C12H16O5.C2H6O2/c1-2-3-4-5-7-8(12(16)17)6-9(13)11(15)10(7)14;3-1-2-4/h6,13-15H,2-5H2,1H3,(H,16,17);3-4H,1-2H2. The number of hydrogen-bond donors (Lipinski definition) is 6. The van der Waals surface area contributed by atoms with Gasteiger partial charge in [-0.3, -0.25) is 0 Å². The summed E-state index contributed by atoms with van der Waals surface area (Å²) in [4.78, 5) is 11.0. The van der Waals surface area contributed by atoms with E-state index in [-0.39, 0.29) is 24.3 Å². The average Bonchev–Trinajstić information content (AvgIpc) is 2.47. The number of benzene rings is 1. The molecule has 0 saturated carbocycles. The number of phenolic OH excluding ortho intramolecular Hbond substituents is 3. The average molecular weight is 302 g/mol. The molecular formula is C14H22O7. The smallest absolute Gasteiger partial charge is 0.336 e. The van der Waals surface area contributed by atoms with Gasteiger partial charge in [0.1, 0.15) is 0 Å². The molecule has 0 aliphatic heterocycles. The second kappa shape index (κ2) is 9.84. The van der Waals surface area contributed by atoms with Crippen LogP contribution in [0.15, 0.2) is 6.07 Å². The van der Waals surface area contributed by atoms with Crippen molar-refractivity contribution in [3.05, 3.63) is 17.2 Å². The molecule has 120 valence electrons. The van der Waals surface area contributed by atoms with Gasteiger partial charge in [0.2, 0.25) is 5.75 Å². The second-order valence-electron chi connectivity index (χ2n) is 4.33. The van der Waals surface area contributed by atoms with Gasteiger partial charge in [0.05, 0.1) is 18.8 Å². The summed E-state index contributed by atoms with van der Waals surface area (Å²) in [5.74, 6) is -3.07. The van der Waals surface area contributed by atoms with Gasteiger partial charge in [0.15, 0.2) is 11.5 Å². The molecule has 0 aromatic heterocycles. The molecule has 1 aromatic rings. The molecule has 1 rings (SSSR count). The Hall–Kier alpha value is -1.99. The van der Waals surface area contributed by atoms with Crippen LogP contribution in [-0.2, 0) is 6.42 Å². The van der Waals surface area contributed by atoms with Crippen molar-refractivity contribution < 1.29 is 35.4 Å². The molecule has 0 aliphatic rings. The van der Waals surface area contributed by atoms with E-state index >= 15 is 0 Å². The Bertz CT molecular complexity index is 455. The van der Waals surface area contributed by atoms with Crippen molar-refractivity contribution in [2.45, 2.75) is 32.6 Å². The molecule has 0 heterocycles. The summed E-state index contributed by atoms with van der Waals surface area (Å²) < 4.78 is 0. The molecule has 0 amide bonds. The normalized spacial score (nSPS) is 9.86. The maximum atomic E-state index is 11.0. The van der Waals surface area contributed by atoms with Crippen LogP contribution in [-0.4, -0.2) is 49.8 Å². The number of phenols is 3. The molecule has 6 N–H and O–H groups in total. The van der Waals surface area contributed by atoms with Crippen LogP contribution in [0, 0.1) is 0 Å². The monoisotopic (exact) mass is 302 g/mol. The summed E-state index contributed by atoms with van der Waals surface area (Å²) in [6.07, 6.45) is 2.94. The van der Waals surface area contributed by atoms with Crippen molar-refractivity contribution in [3.63, 3.8) is 0 Å². The topological polar surface area (TPSA) is 138 Å². The number of aliphatic hydroxyl groups excluding tert-OH is 2. The third-order valence-corrected chi connectivity index (χ3v) is 2.72. The van der Waals surface area contributed by atoms with Crippen molar-refractivity contribution in [2.75, 3.05) is 13.2 Å². The van der Waals surface area contributed by atoms with Crippen molar-refractivity contribution in [1.29, 1.82) is 0 Å². The van der Waals surface area contributed by atoms with Crippen LogP contribution in [0.2, 0.25) is 0 Å². The summed E-state index contributed by atoms with van der Waals surface area (Å²) in [5, 5.41) is 52.5. The molecule has 21 heavy (non-hydrogen) atoms. The van der Waals surface area contributed by atoms with E-state index < -0.39 is 23.2 Å². The lowest BCUT2D eigenvalue weighted by Gasteiger charge is -2.11. The zero-order valence-electron chi connectivity index (χ0n) is 11.9. The number of carboxylic acids is 1. The first-order valence-corrected chi connectivity index (χ1v) is 6.62. The third-order valence-electron chi connectivity index (χ3n) is 2.72. The number of unbranched alkanes of at least 4 members (excludes halogenated alkanes) is 2. The van der Waals surface area contributed by atoms with Crippen molar-refractivity contribution in [1.82, 2.24) is 0 Å². The highest BCUT2D eigenvalue weighted by atomic mass is 16.4. The lowest BCUT2D eigenvalue weighted by atomic mass is 9.99. The largest absolute Gasteiger partial charge is 0.504 e. The zero-order valence-corrected chi connectivity index (χ0v) is 11.9. The summed E-state index contributed by atoms with van der Waals surface area (Å²) in [6.45, 7) is 1.76. The minimum absolute atomic E-state index is 0.125. The molecule has 0 atom stereocenters. The van der Waals surface area contributed by atoms with Gasteiger partial charge in [-0.05, 0) is 18.9 Å². The Morgan fingerprint density at radius 1 is 1.05 bits per heavy atom. The summed E-state index contributed by atoms with van der Waals surface area (Å²) in [7, 11) is 0. The van der Waals surface area contributed by atoms with E-state index in [1.165, 1.54) is 0 Å². The number of aromatic hydroxyl groups is 3. The fourth-order valence-electron chi connectivity index (χ4n) is 1.68. The second-order valence-corrected chi connectivity index (χ2v) is 4.33. The zero-order chi connectivity index (χ0) is 16.4. The molecule has 0 bridgehead atoms. The highest BCUT2D eigenvalue weighted by Crippen LogP contribution is 2.40. The summed E-state index contributed by atoms with van der Waals surface area (Å²) in [5.41, 5.74) is -0.00449. The first-order chi connectivity index (χ1) is 9.90. The van der Waals surface area contributed by atoms with E-state index in [0.717, 1.165) is 18.9 Å². The van der Waals surface area contributed by atoms with Gasteiger partial charge in [-0.25, -0.2) is 4.79 Å². The first kappa shape index (κ1) is 19.0. The van der Waals surface area contributed by atoms with Crippen LogP contribution in [0.5, 0.6) is 17.2 Å². The quantitative estimate of drug-likeness (QED) is 0.343. The fourth-order valence-corrected chi connectivity index (χ4v) is 1.68. The van der Waals surface area contributed by atoms with Crippen molar-refractivity contribution >= 4 is 5.97 Å². The van der Waals surface area contributed by atoms with Gasteiger partial charge >= 0.3 is 5.97 Å². The van der Waals surface area contributed by atoms with Crippen LogP contribution in [0.4, 0.5) is 0 Å². The SMILES string of the molecule is CCCCCc1c(C(=O)O)cc(O)c(O)c1O.OCCO. The minimum Gasteiger partial charge on any atom is -0.504 e. The third kappa shape index (κ3) is 5.88. The van der Waals surface area contributed by atoms with Crippen LogP contribution < -0.4 is 0 Å². The van der Waals surface area contributed by atoms with Gasteiger partial charge in [-0.15, -0.1) is 0 Å². The van der Waals surface area contributed by atoms with Crippen LogP contribution in [0.3, 0.4) is 0 Å². The van der Waals surface area contributed by atoms with Crippen molar-refractivity contribution in [3.8, 4) is 17.2 Å². The molecule has 0 unspecified atom stereocenters. The van der Waals surface area contributed by atoms with Gasteiger partial charge in [-0.2, -0.15) is 0 Å². The summed E-state index contributed by atoms with van der Waals surface area (Å²) >= 11 is 0. The van der Waals surface area contributed by atoms with Crippen LogP contribution in [0.1, 0.15) is 42.1 Å². The van der Waals surface area contributed by atoms with Gasteiger partial charge in [0, 0.05) is 5.56 Å². The number of carbonyl (C=O) groups is 1. The fraction of sp³-hybridized carbons (Fsp3) is 0.500. The van der Waals surface area contributed by atoms with Gasteiger partial charge in [0.25, 0.3) is 0 Å². The van der Waals surface area contributed by atoms with E-state index in [1.807, 2.05) is 6.92 Å². The molecular weight excluding hydrogens is 280 g/mol. The highest BCUT2D eigenvalue weighted by Gasteiger charge is 2.20. The molecule has 7 heteroatoms. The molecule has 0 fully saturated rings. The molecule has 0 spiro atoms. The maximum Gasteiger partial charge on any atom is 0.336 e. The number of aromatic carboxylic acids is 1. The number of rotatable bonds is 6. The maximum absolute atomic E-state index is 11.0. The van der Waals surface area contributed by atoms with Crippen LogP contribution in [0.25, 0.3) is 0 Å². The number of hydrogen-bond acceptors (Lipinski definition) is 6. The van der Waals surface area contributed by atoms with Gasteiger partial charge in [-0.1, -0.05) is 19.8 Å². The lowest BCUT2D eigenvalue weighted by Crippen LogP contribution is -2.03. The molecule has 7 nitrogen and oxygen atoms in total. The lowest BCUT2D eigenvalue weighted by molar-refractivity contribution is 0.0694. The Kier molecular flexibility index (Phi) is 8.91. The number of carboxylic acid groups (broad SMARTS) is 1. The summed E-state index contributed by atoms with van der Waals surface area (Å²) in [6, 6.07) is 0.957. The highest BCUT2D eigenvalue weighted by molar-refractivity contribution is 5.91. The predicted molar refractivity (Wildman–Crippen MR) is 75.8 cm³/mol. The molecule has 1 aromatic carbocycles. The first-order valence-electron chi connectivity index (χ1n) is 6.62. The van der Waals surface area contributed by atoms with E-state index in [4.69, 9.17) is 15.3 Å². The Labute approximate surface area is 122 Å². The molecule has 0 aliphatic carbocycles. The Balaban J connectivity index is 0.000000885. The van der Waals surface area contributed by atoms with Gasteiger partial charge < -0.3 is 30.6 Å². The predicted octanol–water partition coefficient (Wildman–Crippen LogP) is 1.21.